The van der Waals surface area contributed by atoms with Gasteiger partial charge in [-0.2, -0.15) is 5.10 Å². The summed E-state index contributed by atoms with van der Waals surface area (Å²) in [6.45, 7) is 4.64. The molecule has 0 radical (unpaired) electrons. The summed E-state index contributed by atoms with van der Waals surface area (Å²) >= 11 is 0. The van der Waals surface area contributed by atoms with Crippen molar-refractivity contribution in [2.75, 3.05) is 0 Å². The van der Waals surface area contributed by atoms with Crippen molar-refractivity contribution in [3.05, 3.63) is 95.6 Å². The van der Waals surface area contributed by atoms with Crippen molar-refractivity contribution in [3.8, 4) is 5.69 Å². The first-order valence-corrected chi connectivity index (χ1v) is 9.14. The molecule has 136 valence electrons. The van der Waals surface area contributed by atoms with Gasteiger partial charge >= 0.3 is 0 Å². The molecule has 0 saturated heterocycles. The van der Waals surface area contributed by atoms with E-state index in [1.165, 1.54) is 16.8 Å². The molecular formula is C23H22FN3. The summed E-state index contributed by atoms with van der Waals surface area (Å²) in [6, 6.07) is 21.5. The van der Waals surface area contributed by atoms with Crippen molar-refractivity contribution >= 4 is 10.8 Å². The molecule has 0 amide bonds. The van der Waals surface area contributed by atoms with Crippen LogP contribution in [0.4, 0.5) is 4.39 Å². The molecule has 0 fully saturated rings. The van der Waals surface area contributed by atoms with E-state index in [-0.39, 0.29) is 11.9 Å². The Balaban J connectivity index is 1.61. The van der Waals surface area contributed by atoms with Gasteiger partial charge in [-0.15, -0.1) is 0 Å². The first-order valence-electron chi connectivity index (χ1n) is 9.14. The molecule has 3 nitrogen and oxygen atoms in total. The third kappa shape index (κ3) is 3.36. The number of aromatic nitrogens is 2. The SMILES string of the molecule is Cc1c([C@@H](C)NCc2ccccc2F)cnn1-c1cccc2ccccc12. The van der Waals surface area contributed by atoms with Crippen LogP contribution >= 0.6 is 0 Å². The van der Waals surface area contributed by atoms with Gasteiger partial charge in [0.25, 0.3) is 0 Å². The monoisotopic (exact) mass is 359 g/mol. The van der Waals surface area contributed by atoms with E-state index in [0.29, 0.717) is 12.1 Å². The van der Waals surface area contributed by atoms with E-state index in [0.717, 1.165) is 16.9 Å². The molecule has 4 rings (SSSR count). The Morgan fingerprint density at radius 3 is 2.59 bits per heavy atom. The lowest BCUT2D eigenvalue weighted by atomic mass is 10.1. The maximum absolute atomic E-state index is 13.8. The van der Waals surface area contributed by atoms with Gasteiger partial charge in [0.2, 0.25) is 0 Å². The molecule has 0 bridgehead atoms. The molecule has 1 atom stereocenters. The van der Waals surface area contributed by atoms with Crippen molar-refractivity contribution in [1.29, 1.82) is 0 Å². The van der Waals surface area contributed by atoms with Crippen LogP contribution in [0.15, 0.2) is 72.9 Å². The van der Waals surface area contributed by atoms with Gasteiger partial charge in [0.05, 0.1) is 11.9 Å². The second-order valence-corrected chi connectivity index (χ2v) is 6.79. The summed E-state index contributed by atoms with van der Waals surface area (Å²) in [7, 11) is 0. The predicted octanol–water partition coefficient (Wildman–Crippen LogP) is 5.32. The van der Waals surface area contributed by atoms with Gasteiger partial charge in [-0.25, -0.2) is 9.07 Å². The fourth-order valence-electron chi connectivity index (χ4n) is 3.50. The number of halogens is 1. The Kier molecular flexibility index (Phi) is 4.73. The highest BCUT2D eigenvalue weighted by Gasteiger charge is 2.15. The summed E-state index contributed by atoms with van der Waals surface area (Å²) in [4.78, 5) is 0. The quantitative estimate of drug-likeness (QED) is 0.522. The highest BCUT2D eigenvalue weighted by atomic mass is 19.1. The van der Waals surface area contributed by atoms with Crippen molar-refractivity contribution in [2.24, 2.45) is 0 Å². The first kappa shape index (κ1) is 17.4. The molecule has 4 heteroatoms. The van der Waals surface area contributed by atoms with Gasteiger partial charge in [-0.3, -0.25) is 0 Å². The van der Waals surface area contributed by atoms with E-state index in [2.05, 4.69) is 54.6 Å². The molecule has 27 heavy (non-hydrogen) atoms. The molecule has 1 N–H and O–H groups in total. The second kappa shape index (κ2) is 7.33. The molecule has 0 aliphatic carbocycles. The fourth-order valence-corrected chi connectivity index (χ4v) is 3.50. The molecule has 0 aliphatic heterocycles. The van der Waals surface area contributed by atoms with Gasteiger partial charge in [0.1, 0.15) is 5.82 Å². The van der Waals surface area contributed by atoms with Crippen molar-refractivity contribution in [1.82, 2.24) is 15.1 Å². The van der Waals surface area contributed by atoms with Gasteiger partial charge in [0, 0.05) is 34.8 Å². The molecule has 4 aromatic rings. The average Bonchev–Trinajstić information content (AvgIpc) is 3.08. The van der Waals surface area contributed by atoms with Crippen LogP contribution in [-0.2, 0) is 6.54 Å². The lowest BCUT2D eigenvalue weighted by molar-refractivity contribution is 0.542. The summed E-state index contributed by atoms with van der Waals surface area (Å²) in [6.07, 6.45) is 1.90. The van der Waals surface area contributed by atoms with Crippen LogP contribution in [0.25, 0.3) is 16.5 Å². The van der Waals surface area contributed by atoms with E-state index in [9.17, 15) is 4.39 Å². The number of nitrogens with one attached hydrogen (secondary N) is 1. The van der Waals surface area contributed by atoms with E-state index in [4.69, 9.17) is 0 Å². The van der Waals surface area contributed by atoms with Crippen LogP contribution < -0.4 is 5.32 Å². The Bertz CT molecular complexity index is 1080. The van der Waals surface area contributed by atoms with E-state index < -0.39 is 0 Å². The number of hydrogen-bond acceptors (Lipinski definition) is 2. The summed E-state index contributed by atoms with van der Waals surface area (Å²) < 4.78 is 15.8. The minimum absolute atomic E-state index is 0.0633. The Labute approximate surface area is 158 Å². The summed E-state index contributed by atoms with van der Waals surface area (Å²) in [5.74, 6) is -0.180. The van der Waals surface area contributed by atoms with Gasteiger partial charge in [0.15, 0.2) is 0 Å². The lowest BCUT2D eigenvalue weighted by Crippen LogP contribution is -2.19. The van der Waals surface area contributed by atoms with Crippen LogP contribution in [-0.4, -0.2) is 9.78 Å². The van der Waals surface area contributed by atoms with Crippen molar-refractivity contribution in [2.45, 2.75) is 26.4 Å². The first-order chi connectivity index (χ1) is 13.1. The van der Waals surface area contributed by atoms with Crippen molar-refractivity contribution in [3.63, 3.8) is 0 Å². The van der Waals surface area contributed by atoms with E-state index >= 15 is 0 Å². The number of fused-ring (bicyclic) bond motifs is 1. The molecule has 0 aliphatic rings. The van der Waals surface area contributed by atoms with Crippen LogP contribution in [0, 0.1) is 12.7 Å². The van der Waals surface area contributed by atoms with Crippen LogP contribution in [0.1, 0.15) is 29.8 Å². The lowest BCUT2D eigenvalue weighted by Gasteiger charge is -2.15. The summed E-state index contributed by atoms with van der Waals surface area (Å²) in [5, 5.41) is 10.4. The zero-order chi connectivity index (χ0) is 18.8. The molecule has 3 aromatic carbocycles. The van der Waals surface area contributed by atoms with E-state index in [1.807, 2.05) is 29.1 Å². The smallest absolute Gasteiger partial charge is 0.127 e. The zero-order valence-electron chi connectivity index (χ0n) is 15.5. The molecule has 0 unspecified atom stereocenters. The van der Waals surface area contributed by atoms with Crippen LogP contribution in [0.3, 0.4) is 0 Å². The second-order valence-electron chi connectivity index (χ2n) is 6.79. The predicted molar refractivity (Wildman–Crippen MR) is 107 cm³/mol. The van der Waals surface area contributed by atoms with Crippen LogP contribution in [0.2, 0.25) is 0 Å². The normalized spacial score (nSPS) is 12.4. The van der Waals surface area contributed by atoms with Gasteiger partial charge in [-0.05, 0) is 31.4 Å². The Morgan fingerprint density at radius 2 is 1.74 bits per heavy atom. The highest BCUT2D eigenvalue weighted by Crippen LogP contribution is 2.26. The number of hydrogen-bond donors (Lipinski definition) is 1. The minimum Gasteiger partial charge on any atom is -0.306 e. The largest absolute Gasteiger partial charge is 0.306 e. The molecule has 0 spiro atoms. The number of nitrogens with zero attached hydrogens (tertiary/aromatic N) is 2. The average molecular weight is 359 g/mol. The number of benzene rings is 3. The molecular weight excluding hydrogens is 337 g/mol. The van der Waals surface area contributed by atoms with Crippen molar-refractivity contribution < 1.29 is 4.39 Å². The van der Waals surface area contributed by atoms with E-state index in [1.54, 1.807) is 12.1 Å². The standard InChI is InChI=1S/C23H22FN3/c1-16(25-14-19-9-4-6-12-22(19)24)21-15-26-27(17(21)2)23-13-7-10-18-8-3-5-11-20(18)23/h3-13,15-16,25H,14H2,1-2H3/t16-/m1/s1. The van der Waals surface area contributed by atoms with Gasteiger partial charge in [-0.1, -0.05) is 54.6 Å². The van der Waals surface area contributed by atoms with Gasteiger partial charge < -0.3 is 5.32 Å². The van der Waals surface area contributed by atoms with Crippen LogP contribution in [0.5, 0.6) is 0 Å². The third-order valence-corrected chi connectivity index (χ3v) is 5.07. The maximum atomic E-state index is 13.8. The molecule has 1 aromatic heterocycles. The Morgan fingerprint density at radius 1 is 1.00 bits per heavy atom. The maximum Gasteiger partial charge on any atom is 0.127 e. The Hall–Kier alpha value is -2.98. The zero-order valence-corrected chi connectivity index (χ0v) is 15.5. The third-order valence-electron chi connectivity index (χ3n) is 5.07. The molecule has 1 heterocycles. The highest BCUT2D eigenvalue weighted by molar-refractivity contribution is 5.90. The number of rotatable bonds is 5. The minimum atomic E-state index is -0.180. The topological polar surface area (TPSA) is 29.9 Å². The molecule has 0 saturated carbocycles. The fraction of sp³-hybridized carbons (Fsp3) is 0.174. The summed E-state index contributed by atoms with van der Waals surface area (Å²) in [5.41, 5.74) is 3.93.